The fraction of sp³-hybridized carbons (Fsp3) is 0.762. The topological polar surface area (TPSA) is 76.0 Å². The maximum Gasteiger partial charge on any atom is 0.312 e. The van der Waals surface area contributed by atoms with Crippen LogP contribution >= 0.6 is 0 Å². The smallest absolute Gasteiger partial charge is 0.312 e. The van der Waals surface area contributed by atoms with E-state index in [4.69, 9.17) is 9.47 Å². The second kappa shape index (κ2) is 6.77. The number of rotatable bonds is 3. The summed E-state index contributed by atoms with van der Waals surface area (Å²) < 4.78 is 11.5. The van der Waals surface area contributed by atoms with Crippen molar-refractivity contribution in [1.82, 2.24) is 0 Å². The van der Waals surface area contributed by atoms with Gasteiger partial charge in [0.1, 0.15) is 6.61 Å². The van der Waals surface area contributed by atoms with Crippen LogP contribution in [0.1, 0.15) is 52.9 Å². The van der Waals surface area contributed by atoms with E-state index in [1.54, 1.807) is 27.0 Å². The predicted molar refractivity (Wildman–Crippen MR) is 98.4 cm³/mol. The summed E-state index contributed by atoms with van der Waals surface area (Å²) in [7, 11) is 1.68. The Kier molecular flexibility index (Phi) is 5.10. The van der Waals surface area contributed by atoms with Crippen molar-refractivity contribution in [3.63, 3.8) is 0 Å². The molecular formula is C21H32O5. The zero-order valence-corrected chi connectivity index (χ0v) is 16.3. The van der Waals surface area contributed by atoms with Crippen LogP contribution in [0.4, 0.5) is 0 Å². The summed E-state index contributed by atoms with van der Waals surface area (Å²) in [5.74, 6) is -0.465. The fourth-order valence-electron chi connectivity index (χ4n) is 5.17. The summed E-state index contributed by atoms with van der Waals surface area (Å²) in [5.41, 5.74) is -0.629. The lowest BCUT2D eigenvalue weighted by atomic mass is 9.62. The molecule has 1 aliphatic heterocycles. The highest BCUT2D eigenvalue weighted by atomic mass is 16.5. The van der Waals surface area contributed by atoms with E-state index in [-0.39, 0.29) is 35.9 Å². The van der Waals surface area contributed by atoms with E-state index in [1.807, 2.05) is 12.2 Å². The van der Waals surface area contributed by atoms with Crippen molar-refractivity contribution < 1.29 is 24.5 Å². The standard InChI is InChI=1S/C21H32O5/c1-19(2,24)9-5-6-14-12-26-18(23)17-15(14)7-10-20(3)13-21(17,25-4)11-8-16(20)22/h5-6,9,15-17,22,24H,7-8,10-13H2,1-4H3/b9-5+,14-6-/t15-,16+,17+,20+,21-/m1/s1. The minimum Gasteiger partial charge on any atom is -0.461 e. The molecule has 0 aromatic heterocycles. The number of ether oxygens (including phenoxy) is 2. The van der Waals surface area contributed by atoms with Gasteiger partial charge in [-0.15, -0.1) is 0 Å². The van der Waals surface area contributed by atoms with Gasteiger partial charge in [-0.1, -0.05) is 25.2 Å². The van der Waals surface area contributed by atoms with Crippen LogP contribution in [-0.2, 0) is 14.3 Å². The van der Waals surface area contributed by atoms with E-state index >= 15 is 0 Å². The molecule has 0 spiro atoms. The molecule has 3 fully saturated rings. The third kappa shape index (κ3) is 3.49. The van der Waals surface area contributed by atoms with E-state index in [2.05, 4.69) is 6.92 Å². The van der Waals surface area contributed by atoms with E-state index in [9.17, 15) is 15.0 Å². The van der Waals surface area contributed by atoms with Crippen molar-refractivity contribution in [1.29, 1.82) is 0 Å². The van der Waals surface area contributed by atoms with E-state index in [0.717, 1.165) is 18.4 Å². The molecule has 2 bridgehead atoms. The van der Waals surface area contributed by atoms with Crippen LogP contribution in [0.5, 0.6) is 0 Å². The van der Waals surface area contributed by atoms with Gasteiger partial charge in [-0.3, -0.25) is 4.79 Å². The lowest BCUT2D eigenvalue weighted by Crippen LogP contribution is -2.55. The Bertz CT molecular complexity index is 616. The predicted octanol–water partition coefficient (Wildman–Crippen LogP) is 2.76. The number of carbonyl (C=O) groups is 1. The SMILES string of the molecule is CO[C@@]12CC[C@H](O)[C@@](C)(CC[C@@H]3/C(=C\C=C\C(C)(C)O)COC(=O)[C@H]31)C2. The fourth-order valence-corrected chi connectivity index (χ4v) is 5.17. The van der Waals surface area contributed by atoms with Crippen molar-refractivity contribution in [2.24, 2.45) is 17.3 Å². The van der Waals surface area contributed by atoms with Gasteiger partial charge in [-0.25, -0.2) is 0 Å². The van der Waals surface area contributed by atoms with Crippen molar-refractivity contribution >= 4 is 5.97 Å². The number of hydrogen-bond acceptors (Lipinski definition) is 5. The summed E-state index contributed by atoms with van der Waals surface area (Å²) in [4.78, 5) is 12.8. The lowest BCUT2D eigenvalue weighted by molar-refractivity contribution is -0.184. The Labute approximate surface area is 156 Å². The average Bonchev–Trinajstić information content (AvgIpc) is 2.67. The Morgan fingerprint density at radius 3 is 2.69 bits per heavy atom. The first-order chi connectivity index (χ1) is 12.1. The normalized spacial score (nSPS) is 42.5. The largest absolute Gasteiger partial charge is 0.461 e. The summed E-state index contributed by atoms with van der Waals surface area (Å²) >= 11 is 0. The summed E-state index contributed by atoms with van der Waals surface area (Å²) in [6.07, 6.45) is 8.89. The van der Waals surface area contributed by atoms with Crippen molar-refractivity contribution in [2.75, 3.05) is 13.7 Å². The molecule has 1 heterocycles. The molecule has 146 valence electrons. The minimum absolute atomic E-state index is 0.0507. The van der Waals surface area contributed by atoms with Gasteiger partial charge in [-0.2, -0.15) is 0 Å². The number of allylic oxidation sites excluding steroid dienone is 2. The molecule has 2 N–H and O–H groups in total. The molecule has 0 aromatic rings. The lowest BCUT2D eigenvalue weighted by Gasteiger charge is -2.50. The van der Waals surface area contributed by atoms with Crippen LogP contribution in [0.15, 0.2) is 23.8 Å². The molecule has 2 aliphatic carbocycles. The highest BCUT2D eigenvalue weighted by Crippen LogP contribution is 2.56. The van der Waals surface area contributed by atoms with Gasteiger partial charge in [0.05, 0.1) is 23.2 Å². The van der Waals surface area contributed by atoms with E-state index < -0.39 is 11.2 Å². The van der Waals surface area contributed by atoms with Crippen molar-refractivity contribution in [3.05, 3.63) is 23.8 Å². The molecule has 0 radical (unpaired) electrons. The van der Waals surface area contributed by atoms with Gasteiger partial charge in [0.2, 0.25) is 0 Å². The maximum absolute atomic E-state index is 12.8. The second-order valence-corrected chi connectivity index (χ2v) is 9.14. The number of methoxy groups -OCH3 is 1. The van der Waals surface area contributed by atoms with Gasteiger partial charge in [0.25, 0.3) is 0 Å². The molecule has 3 aliphatic rings. The number of aliphatic hydroxyl groups excluding tert-OH is 1. The van der Waals surface area contributed by atoms with Crippen LogP contribution in [0.25, 0.3) is 0 Å². The van der Waals surface area contributed by atoms with Gasteiger partial charge in [0, 0.05) is 7.11 Å². The molecule has 1 saturated heterocycles. The molecule has 3 rings (SSSR count). The average molecular weight is 364 g/mol. The first-order valence-corrected chi connectivity index (χ1v) is 9.61. The molecule has 5 heteroatoms. The van der Waals surface area contributed by atoms with Crippen LogP contribution < -0.4 is 0 Å². The highest BCUT2D eigenvalue weighted by molar-refractivity contribution is 5.76. The Morgan fingerprint density at radius 1 is 1.31 bits per heavy atom. The summed E-state index contributed by atoms with van der Waals surface area (Å²) in [6.45, 7) is 5.85. The first-order valence-electron chi connectivity index (χ1n) is 9.61. The Hall–Kier alpha value is -1.17. The number of fused-ring (bicyclic) bond motifs is 4. The number of esters is 1. The van der Waals surface area contributed by atoms with Crippen LogP contribution in [-0.4, -0.2) is 47.2 Å². The number of aliphatic hydroxyl groups is 2. The zero-order chi connectivity index (χ0) is 19.2. The molecule has 0 unspecified atom stereocenters. The van der Waals surface area contributed by atoms with Gasteiger partial charge in [0.15, 0.2) is 0 Å². The number of hydrogen-bond donors (Lipinski definition) is 2. The Morgan fingerprint density at radius 2 is 2.04 bits per heavy atom. The molecule has 26 heavy (non-hydrogen) atoms. The molecule has 5 atom stereocenters. The second-order valence-electron chi connectivity index (χ2n) is 9.14. The number of carbonyl (C=O) groups excluding carboxylic acids is 1. The van der Waals surface area contributed by atoms with Crippen LogP contribution in [0.3, 0.4) is 0 Å². The van der Waals surface area contributed by atoms with Crippen LogP contribution in [0, 0.1) is 17.3 Å². The van der Waals surface area contributed by atoms with E-state index in [0.29, 0.717) is 19.3 Å². The van der Waals surface area contributed by atoms with Gasteiger partial charge in [-0.05, 0) is 62.9 Å². The number of cyclic esters (lactones) is 1. The third-order valence-electron chi connectivity index (χ3n) is 6.68. The third-order valence-corrected chi connectivity index (χ3v) is 6.68. The Balaban J connectivity index is 1.98. The molecule has 0 amide bonds. The first kappa shape index (κ1) is 19.6. The zero-order valence-electron chi connectivity index (χ0n) is 16.3. The summed E-state index contributed by atoms with van der Waals surface area (Å²) in [5, 5.41) is 20.5. The van der Waals surface area contributed by atoms with Crippen molar-refractivity contribution in [2.45, 2.75) is 70.2 Å². The van der Waals surface area contributed by atoms with Gasteiger partial charge < -0.3 is 19.7 Å². The highest BCUT2D eigenvalue weighted by Gasteiger charge is 2.59. The molecule has 0 aromatic carbocycles. The monoisotopic (exact) mass is 364 g/mol. The minimum atomic E-state index is -0.882. The quantitative estimate of drug-likeness (QED) is 0.753. The van der Waals surface area contributed by atoms with Crippen LogP contribution in [0.2, 0.25) is 0 Å². The molecule has 2 saturated carbocycles. The molecule has 5 nitrogen and oxygen atoms in total. The summed E-state index contributed by atoms with van der Waals surface area (Å²) in [6, 6.07) is 0. The van der Waals surface area contributed by atoms with Crippen molar-refractivity contribution in [3.8, 4) is 0 Å². The maximum atomic E-state index is 12.8. The van der Waals surface area contributed by atoms with Gasteiger partial charge >= 0.3 is 5.97 Å². The van der Waals surface area contributed by atoms with E-state index in [1.165, 1.54) is 0 Å². The molecular weight excluding hydrogens is 332 g/mol.